The van der Waals surface area contributed by atoms with Gasteiger partial charge in [0.05, 0.1) is 0 Å². The van der Waals surface area contributed by atoms with Crippen LogP contribution in [0, 0.1) is 72.1 Å². The van der Waals surface area contributed by atoms with Crippen LogP contribution >= 0.6 is 0 Å². The second-order valence-corrected chi connectivity index (χ2v) is 4.09. The van der Waals surface area contributed by atoms with Crippen molar-refractivity contribution >= 4 is 10.1 Å². The van der Waals surface area contributed by atoms with E-state index in [1.165, 1.54) is 6.42 Å². The summed E-state index contributed by atoms with van der Waals surface area (Å²) < 4.78 is 58.9. The molecule has 0 heterocycles. The summed E-state index contributed by atoms with van der Waals surface area (Å²) in [4.78, 5) is 0. The normalized spacial score (nSPS) is 13.3. The summed E-state index contributed by atoms with van der Waals surface area (Å²) in [5.74, 6) is 0. The van der Waals surface area contributed by atoms with E-state index in [-0.39, 0.29) is 19.5 Å². The van der Waals surface area contributed by atoms with E-state index in [4.69, 9.17) is 13.0 Å². The molecule has 0 amide bonds. The molecule has 0 spiro atoms. The molecule has 1 rings (SSSR count). The minimum Gasteiger partial charge on any atom is -0.741 e. The molecule has 0 aliphatic heterocycles. The molecule has 0 saturated heterocycles. The Morgan fingerprint density at radius 3 is 1.19 bits per heavy atom. The summed E-state index contributed by atoms with van der Waals surface area (Å²) in [6, 6.07) is 0. The molecule has 1 fully saturated rings. The molecule has 0 bridgehead atoms. The fourth-order valence-corrected chi connectivity index (χ4v) is 0.321. The summed E-state index contributed by atoms with van der Waals surface area (Å²) in [6.07, 6.45) is 15.1. The van der Waals surface area contributed by atoms with Crippen LogP contribution in [0.2, 0.25) is 0 Å². The summed E-state index contributed by atoms with van der Waals surface area (Å²) in [6.45, 7) is 11.9. The summed E-state index contributed by atoms with van der Waals surface area (Å²) >= 11 is 0. The molecule has 21 heavy (non-hydrogen) atoms. The summed E-state index contributed by atoms with van der Waals surface area (Å²) in [5, 5.41) is 0. The second-order valence-electron chi connectivity index (χ2n) is 2.72. The zero-order valence-electron chi connectivity index (χ0n) is 11.4. The quantitative estimate of drug-likeness (QED) is 0.378. The number of alkyl halides is 3. The van der Waals surface area contributed by atoms with E-state index in [1.54, 1.807) is 6.42 Å². The Hall–Kier alpha value is 0.323. The van der Waals surface area contributed by atoms with Gasteiger partial charge in [0, 0.05) is 0 Å². The molecule has 0 aromatic heterocycles. The van der Waals surface area contributed by atoms with Gasteiger partial charge < -0.3 is 4.55 Å². The van der Waals surface area contributed by atoms with Crippen molar-refractivity contribution in [1.82, 2.24) is 0 Å². The number of halogens is 3. The van der Waals surface area contributed by atoms with Crippen LogP contribution < -0.4 is 0 Å². The Morgan fingerprint density at radius 2 is 1.14 bits per heavy atom. The van der Waals surface area contributed by atoms with Crippen LogP contribution in [0.3, 0.4) is 0 Å². The van der Waals surface area contributed by atoms with Crippen LogP contribution in [-0.4, -0.2) is 18.5 Å². The van der Waals surface area contributed by atoms with Gasteiger partial charge in [0.15, 0.2) is 10.1 Å². The Kier molecular flexibility index (Phi) is 25.7. The summed E-state index contributed by atoms with van der Waals surface area (Å²) in [5.41, 5.74) is -5.65. The van der Waals surface area contributed by atoms with Gasteiger partial charge >= 0.3 is 25.0 Å². The van der Waals surface area contributed by atoms with Gasteiger partial charge in [-0.15, -0.1) is 0 Å². The van der Waals surface area contributed by atoms with Gasteiger partial charge in [-0.3, -0.25) is 0 Å². The van der Waals surface area contributed by atoms with E-state index in [2.05, 4.69) is 20.8 Å². The number of hydrogen-bond acceptors (Lipinski definition) is 3. The number of rotatable bonds is 1. The predicted molar refractivity (Wildman–Crippen MR) is 71.9 cm³/mol. The minimum atomic E-state index is -6.09. The van der Waals surface area contributed by atoms with Crippen LogP contribution in [0.5, 0.6) is 0 Å². The van der Waals surface area contributed by atoms with Crippen molar-refractivity contribution in [2.75, 3.05) is 0 Å². The first-order valence-electron chi connectivity index (χ1n) is 5.07. The van der Waals surface area contributed by atoms with Gasteiger partial charge in [0.25, 0.3) is 0 Å². The average molecular weight is 411 g/mol. The molecule has 1 aliphatic rings. The molecule has 0 atom stereocenters. The molecule has 0 aromatic rings. The van der Waals surface area contributed by atoms with E-state index in [1.807, 2.05) is 45.4 Å². The third-order valence-electron chi connectivity index (χ3n) is 1.07. The maximum Gasteiger partial charge on any atom is 4.00 e. The van der Waals surface area contributed by atoms with Crippen molar-refractivity contribution in [3.05, 3.63) is 72.1 Å². The first-order chi connectivity index (χ1) is 9.08. The van der Waals surface area contributed by atoms with Crippen LogP contribution in [0.4, 0.5) is 13.2 Å². The predicted octanol–water partition coefficient (Wildman–Crippen LogP) is 3.18. The zero-order chi connectivity index (χ0) is 16.7. The van der Waals surface area contributed by atoms with Crippen molar-refractivity contribution in [3.63, 3.8) is 0 Å². The second kappa shape index (κ2) is 18.4. The monoisotopic (exact) mass is 412 g/mol. The average Bonchev–Trinajstić information content (AvgIpc) is 2.86. The molecule has 8 heteroatoms. The Morgan fingerprint density at radius 1 is 1.00 bits per heavy atom. The number of unbranched alkanes of at least 4 members (excludes halogenated alkanes) is 1. The fourth-order valence-electron chi connectivity index (χ4n) is 0.321. The molecule has 0 unspecified atom stereocenters. The molecule has 0 N–H and O–H groups in total. The Balaban J connectivity index is -0.0000000968. The van der Waals surface area contributed by atoms with Crippen molar-refractivity contribution in [3.8, 4) is 0 Å². The van der Waals surface area contributed by atoms with E-state index in [0.29, 0.717) is 0 Å². The minimum absolute atomic E-state index is 0. The van der Waals surface area contributed by atoms with E-state index in [9.17, 15) is 13.2 Å². The molecule has 1 saturated carbocycles. The number of hydrogen-bond donors (Lipinski definition) is 0. The Bertz CT molecular complexity index is 267. The topological polar surface area (TPSA) is 57.2 Å². The summed E-state index contributed by atoms with van der Waals surface area (Å²) in [7, 11) is -6.09. The molecule has 1 aliphatic carbocycles. The molecule has 11 radical (unpaired) electrons. The third-order valence-corrected chi connectivity index (χ3v) is 1.64. The Labute approximate surface area is 140 Å². The van der Waals surface area contributed by atoms with E-state index in [0.717, 1.165) is 0 Å². The van der Waals surface area contributed by atoms with Gasteiger partial charge in [0.1, 0.15) is 0 Å². The standard InChI is InChI=1S/C5H5.C4H7.C3H5.CHF3O3S.Ru/c1-2-4-5-3-1;1-3-4-2;1-3-2;2-1(3,4)8(5,6)7;/h1-5H;3-4H,1H2,2H3;3H,1-2H2;(H,5,6,7);/q;;;;+4/p-1. The van der Waals surface area contributed by atoms with Crippen LogP contribution in [0.1, 0.15) is 6.92 Å². The molecule has 0 aromatic carbocycles. The fraction of sp³-hybridized carbons (Fsp3) is 0.154. The maximum atomic E-state index is 10.7. The van der Waals surface area contributed by atoms with Crippen molar-refractivity contribution in [1.29, 1.82) is 0 Å². The van der Waals surface area contributed by atoms with Gasteiger partial charge in [-0.1, -0.05) is 6.92 Å². The van der Waals surface area contributed by atoms with Crippen LogP contribution in [-0.2, 0) is 29.6 Å². The van der Waals surface area contributed by atoms with Crippen molar-refractivity contribution in [2.24, 2.45) is 0 Å². The first kappa shape index (κ1) is 29.3. The zero-order valence-corrected chi connectivity index (χ0v) is 13.9. The molecule has 119 valence electrons. The SMILES string of the molecule is O=S(=O)([O-])C(F)(F)F.[CH2][CH][CH2].[CH2][CH][CH]C.[CH]1[CH][CH][CH][CH]1.[Ru+4]. The van der Waals surface area contributed by atoms with Crippen molar-refractivity contribution in [2.45, 2.75) is 12.4 Å². The van der Waals surface area contributed by atoms with Gasteiger partial charge in [-0.2, -0.15) is 13.2 Å². The first-order valence-corrected chi connectivity index (χ1v) is 6.48. The van der Waals surface area contributed by atoms with Gasteiger partial charge in [-0.05, 0) is 72.1 Å². The van der Waals surface area contributed by atoms with Gasteiger partial charge in [-0.25, -0.2) is 8.42 Å². The molecular weight excluding hydrogens is 394 g/mol. The molecular formula is C13H17F3O3RuS+3. The molecule has 3 nitrogen and oxygen atoms in total. The smallest absolute Gasteiger partial charge is 0.741 e. The third kappa shape index (κ3) is 29.1. The van der Waals surface area contributed by atoms with Crippen molar-refractivity contribution < 1.29 is 45.6 Å². The van der Waals surface area contributed by atoms with Crippen LogP contribution in [0.25, 0.3) is 0 Å². The van der Waals surface area contributed by atoms with Gasteiger partial charge in [0.2, 0.25) is 0 Å². The van der Waals surface area contributed by atoms with Crippen LogP contribution in [0.15, 0.2) is 0 Å². The maximum absolute atomic E-state index is 10.7. The van der Waals surface area contributed by atoms with E-state index < -0.39 is 15.6 Å². The largest absolute Gasteiger partial charge is 4.00 e. The van der Waals surface area contributed by atoms with E-state index >= 15 is 0 Å².